The summed E-state index contributed by atoms with van der Waals surface area (Å²) in [5.41, 5.74) is 7.93. The van der Waals surface area contributed by atoms with Gasteiger partial charge in [-0.3, -0.25) is 0 Å². The van der Waals surface area contributed by atoms with E-state index in [-0.39, 0.29) is 11.8 Å². The Morgan fingerprint density at radius 2 is 1.79 bits per heavy atom. The molecule has 1 amide bonds. The van der Waals surface area contributed by atoms with Crippen molar-refractivity contribution in [2.24, 2.45) is 5.73 Å². The number of carbonyl (C=O) groups excluding carboxylic acids is 1. The smallest absolute Gasteiger partial charge is 0.374 e. The molecule has 150 valence electrons. The number of ether oxygens (including phenoxy) is 1. The molecule has 1 saturated carbocycles. The molecule has 2 N–H and O–H groups in total. The molecule has 0 atom stereocenters. The van der Waals surface area contributed by atoms with Crippen LogP contribution < -0.4 is 10.5 Å². The molecule has 7 nitrogen and oxygen atoms in total. The highest BCUT2D eigenvalue weighted by Crippen LogP contribution is 2.36. The number of benzene rings is 1. The van der Waals surface area contributed by atoms with Gasteiger partial charge in [-0.1, -0.05) is 25.7 Å². The first-order chi connectivity index (χ1) is 14.1. The molecule has 1 aliphatic carbocycles. The third kappa shape index (κ3) is 4.26. The molecule has 0 spiro atoms. The number of amides is 1. The van der Waals surface area contributed by atoms with Gasteiger partial charge in [-0.25, -0.2) is 19.2 Å². The quantitative estimate of drug-likeness (QED) is 0.656. The lowest BCUT2D eigenvalue weighted by molar-refractivity contribution is 0.207. The predicted molar refractivity (Wildman–Crippen MR) is 106 cm³/mol. The van der Waals surface area contributed by atoms with E-state index in [1.165, 1.54) is 31.2 Å². The van der Waals surface area contributed by atoms with Gasteiger partial charge in [0.15, 0.2) is 0 Å². The lowest BCUT2D eigenvalue weighted by Crippen LogP contribution is -2.18. The van der Waals surface area contributed by atoms with E-state index in [1.54, 1.807) is 18.2 Å². The van der Waals surface area contributed by atoms with Crippen molar-refractivity contribution < 1.29 is 13.9 Å². The molecule has 3 aromatic rings. The van der Waals surface area contributed by atoms with Crippen LogP contribution in [0.2, 0.25) is 0 Å². The summed E-state index contributed by atoms with van der Waals surface area (Å²) in [7, 11) is 0. The van der Waals surface area contributed by atoms with Crippen molar-refractivity contribution in [3.8, 4) is 28.7 Å². The van der Waals surface area contributed by atoms with Crippen molar-refractivity contribution in [3.05, 3.63) is 48.7 Å². The Morgan fingerprint density at radius 1 is 1.07 bits per heavy atom. The zero-order valence-corrected chi connectivity index (χ0v) is 15.9. The van der Waals surface area contributed by atoms with Gasteiger partial charge in [-0.15, -0.1) is 0 Å². The number of nitrogens with two attached hydrogens (primary N) is 1. The maximum atomic E-state index is 13.4. The molecular weight excluding hydrogens is 373 g/mol. The van der Waals surface area contributed by atoms with Gasteiger partial charge in [-0.05, 0) is 43.2 Å². The van der Waals surface area contributed by atoms with Crippen LogP contribution in [-0.2, 0) is 0 Å². The van der Waals surface area contributed by atoms with E-state index in [1.807, 2.05) is 6.33 Å². The average molecular weight is 395 g/mol. The van der Waals surface area contributed by atoms with Crippen molar-refractivity contribution in [2.45, 2.75) is 44.6 Å². The summed E-state index contributed by atoms with van der Waals surface area (Å²) in [5, 5.41) is 0. The van der Waals surface area contributed by atoms with E-state index in [9.17, 15) is 9.18 Å². The Balaban J connectivity index is 1.83. The molecule has 2 aromatic heterocycles. The van der Waals surface area contributed by atoms with Gasteiger partial charge in [0.05, 0.1) is 23.4 Å². The summed E-state index contributed by atoms with van der Waals surface area (Å²) in [6.45, 7) is 0. The normalized spacial score (nSPS) is 15.1. The molecule has 0 aliphatic heterocycles. The summed E-state index contributed by atoms with van der Waals surface area (Å²) in [4.78, 5) is 24.1. The summed E-state index contributed by atoms with van der Waals surface area (Å²) < 4.78 is 20.4. The second-order valence-electron chi connectivity index (χ2n) is 7.15. The molecule has 1 aromatic carbocycles. The van der Waals surface area contributed by atoms with Gasteiger partial charge in [-0.2, -0.15) is 4.98 Å². The van der Waals surface area contributed by atoms with Gasteiger partial charge in [0.2, 0.25) is 0 Å². The number of primary amides is 1. The second-order valence-corrected chi connectivity index (χ2v) is 7.15. The fourth-order valence-corrected chi connectivity index (χ4v) is 3.86. The molecule has 4 rings (SSSR count). The number of rotatable bonds is 4. The molecule has 29 heavy (non-hydrogen) atoms. The minimum absolute atomic E-state index is 0.117. The number of halogens is 1. The van der Waals surface area contributed by atoms with Crippen LogP contribution in [0.4, 0.5) is 9.18 Å². The SMILES string of the molecule is NC(=O)Oc1nccc(-c2c(-c3ccc(F)cc3)ncn2C2CCCCCC2)n1. The van der Waals surface area contributed by atoms with Crippen LogP contribution in [0.3, 0.4) is 0 Å². The van der Waals surface area contributed by atoms with E-state index in [0.29, 0.717) is 17.4 Å². The van der Waals surface area contributed by atoms with Gasteiger partial charge in [0.1, 0.15) is 5.82 Å². The summed E-state index contributed by atoms with van der Waals surface area (Å²) in [6, 6.07) is 8.13. The van der Waals surface area contributed by atoms with Gasteiger partial charge in [0.25, 0.3) is 0 Å². The van der Waals surface area contributed by atoms with E-state index >= 15 is 0 Å². The van der Waals surface area contributed by atoms with Crippen LogP contribution in [0.5, 0.6) is 6.01 Å². The Labute approximate surface area is 167 Å². The minimum Gasteiger partial charge on any atom is -0.374 e. The predicted octanol–water partition coefficient (Wildman–Crippen LogP) is 4.50. The molecule has 0 bridgehead atoms. The van der Waals surface area contributed by atoms with Crippen LogP contribution in [0.1, 0.15) is 44.6 Å². The maximum absolute atomic E-state index is 13.4. The fraction of sp³-hybridized carbons (Fsp3) is 0.333. The lowest BCUT2D eigenvalue weighted by Gasteiger charge is -2.19. The minimum atomic E-state index is -0.974. The first-order valence-electron chi connectivity index (χ1n) is 9.75. The molecule has 0 radical (unpaired) electrons. The van der Waals surface area contributed by atoms with Crippen molar-refractivity contribution in [1.29, 1.82) is 0 Å². The van der Waals surface area contributed by atoms with E-state index in [4.69, 9.17) is 10.5 Å². The molecule has 2 heterocycles. The van der Waals surface area contributed by atoms with Gasteiger partial charge < -0.3 is 15.0 Å². The zero-order chi connectivity index (χ0) is 20.2. The van der Waals surface area contributed by atoms with Crippen molar-refractivity contribution in [2.75, 3.05) is 0 Å². The molecule has 8 heteroatoms. The Morgan fingerprint density at radius 3 is 2.48 bits per heavy atom. The Hall–Kier alpha value is -3.29. The standard InChI is InChI=1S/C21H22FN5O2/c22-15-9-7-14(8-10-15)18-19(17-11-12-24-21(26-17)29-20(23)28)27(13-25-18)16-5-3-1-2-4-6-16/h7-13,16H,1-6H2,(H2,23,28). The van der Waals surface area contributed by atoms with Crippen molar-refractivity contribution in [1.82, 2.24) is 19.5 Å². The lowest BCUT2D eigenvalue weighted by atomic mass is 10.1. The first-order valence-corrected chi connectivity index (χ1v) is 9.75. The van der Waals surface area contributed by atoms with E-state index < -0.39 is 6.09 Å². The third-order valence-corrected chi connectivity index (χ3v) is 5.20. The summed E-state index contributed by atoms with van der Waals surface area (Å²) >= 11 is 0. The monoisotopic (exact) mass is 395 g/mol. The van der Waals surface area contributed by atoms with E-state index in [2.05, 4.69) is 19.5 Å². The Kier molecular flexibility index (Phi) is 5.50. The molecular formula is C21H22FN5O2. The van der Waals surface area contributed by atoms with Crippen LogP contribution in [0.25, 0.3) is 22.6 Å². The maximum Gasteiger partial charge on any atom is 0.412 e. The summed E-state index contributed by atoms with van der Waals surface area (Å²) in [5.74, 6) is -0.308. The topological polar surface area (TPSA) is 95.9 Å². The molecule has 1 fully saturated rings. The number of hydrogen-bond donors (Lipinski definition) is 1. The average Bonchev–Trinajstić information content (AvgIpc) is 2.96. The fourth-order valence-electron chi connectivity index (χ4n) is 3.86. The highest BCUT2D eigenvalue weighted by Gasteiger charge is 2.23. The first kappa shape index (κ1) is 19.0. The summed E-state index contributed by atoms with van der Waals surface area (Å²) in [6.07, 6.45) is 9.26. The number of nitrogens with zero attached hydrogens (tertiary/aromatic N) is 4. The van der Waals surface area contributed by atoms with Crippen molar-refractivity contribution >= 4 is 6.09 Å². The van der Waals surface area contributed by atoms with Crippen LogP contribution in [0, 0.1) is 5.82 Å². The second kappa shape index (κ2) is 8.38. The molecule has 1 aliphatic rings. The van der Waals surface area contributed by atoms with E-state index in [0.717, 1.165) is 36.9 Å². The van der Waals surface area contributed by atoms with Crippen LogP contribution in [0.15, 0.2) is 42.9 Å². The molecule has 0 unspecified atom stereocenters. The van der Waals surface area contributed by atoms with Crippen LogP contribution >= 0.6 is 0 Å². The Bertz CT molecular complexity index is 995. The third-order valence-electron chi connectivity index (χ3n) is 5.20. The number of carbonyl (C=O) groups is 1. The van der Waals surface area contributed by atoms with Crippen LogP contribution in [-0.4, -0.2) is 25.6 Å². The number of hydrogen-bond acceptors (Lipinski definition) is 5. The van der Waals surface area contributed by atoms with Gasteiger partial charge >= 0.3 is 12.1 Å². The molecule has 0 saturated heterocycles. The van der Waals surface area contributed by atoms with Gasteiger partial charge in [0, 0.05) is 17.8 Å². The van der Waals surface area contributed by atoms with Crippen molar-refractivity contribution in [3.63, 3.8) is 0 Å². The number of aromatic nitrogens is 4. The highest BCUT2D eigenvalue weighted by atomic mass is 19.1. The highest BCUT2D eigenvalue weighted by molar-refractivity contribution is 5.77. The largest absolute Gasteiger partial charge is 0.412 e. The zero-order valence-electron chi connectivity index (χ0n) is 15.9. The number of imidazole rings is 1.